The van der Waals surface area contributed by atoms with Crippen LogP contribution >= 0.6 is 22.9 Å². The van der Waals surface area contributed by atoms with E-state index in [4.69, 9.17) is 17.3 Å². The number of fused-ring (bicyclic) bond motifs is 1. The van der Waals surface area contributed by atoms with E-state index in [0.29, 0.717) is 21.2 Å². The van der Waals surface area contributed by atoms with Crippen LogP contribution in [0.25, 0.3) is 10.1 Å². The van der Waals surface area contributed by atoms with Gasteiger partial charge in [-0.15, -0.1) is 11.3 Å². The van der Waals surface area contributed by atoms with E-state index in [9.17, 15) is 8.42 Å². The van der Waals surface area contributed by atoms with E-state index in [-0.39, 0.29) is 12.6 Å². The average molecular weight is 345 g/mol. The minimum atomic E-state index is -3.57. The van der Waals surface area contributed by atoms with E-state index in [2.05, 4.69) is 4.72 Å². The number of benzene rings is 1. The maximum atomic E-state index is 12.6. The molecule has 21 heavy (non-hydrogen) atoms. The summed E-state index contributed by atoms with van der Waals surface area (Å²) in [6.45, 7) is 2.10. The van der Waals surface area contributed by atoms with Gasteiger partial charge in [-0.1, -0.05) is 11.6 Å². The maximum Gasteiger partial charge on any atom is 0.242 e. The third-order valence-corrected chi connectivity index (χ3v) is 6.84. The molecule has 1 aromatic heterocycles. The topological polar surface area (TPSA) is 72.2 Å². The smallest absolute Gasteiger partial charge is 0.242 e. The van der Waals surface area contributed by atoms with Crippen molar-refractivity contribution in [3.8, 4) is 0 Å². The van der Waals surface area contributed by atoms with Gasteiger partial charge in [-0.3, -0.25) is 0 Å². The first-order valence-corrected chi connectivity index (χ1v) is 9.50. The quantitative estimate of drug-likeness (QED) is 0.876. The Balaban J connectivity index is 1.93. The summed E-state index contributed by atoms with van der Waals surface area (Å²) >= 11 is 7.45. The van der Waals surface area contributed by atoms with Gasteiger partial charge in [0, 0.05) is 32.6 Å². The highest BCUT2D eigenvalue weighted by atomic mass is 35.5. The first-order chi connectivity index (χ1) is 9.88. The SMILES string of the molecule is Cc1sc2ccc(Cl)cc2c1S(=O)(=O)NCC(N)C1CC1. The molecule has 0 amide bonds. The van der Waals surface area contributed by atoms with Gasteiger partial charge in [-0.25, -0.2) is 13.1 Å². The number of thiophene rings is 1. The van der Waals surface area contributed by atoms with Crippen molar-refractivity contribution in [3.63, 3.8) is 0 Å². The minimum Gasteiger partial charge on any atom is -0.326 e. The Hall–Kier alpha value is -0.660. The Morgan fingerprint density at radius 2 is 2.19 bits per heavy atom. The van der Waals surface area contributed by atoms with Crippen LogP contribution in [0.15, 0.2) is 23.1 Å². The zero-order valence-electron chi connectivity index (χ0n) is 11.6. The maximum absolute atomic E-state index is 12.6. The molecule has 0 bridgehead atoms. The first kappa shape index (κ1) is 15.2. The standard InChI is InChI=1S/C14H17ClN2O2S2/c1-8-14(11-6-10(15)4-5-13(11)20-8)21(18,19)17-7-12(16)9-2-3-9/h4-6,9,12,17H,2-3,7,16H2,1H3. The Morgan fingerprint density at radius 3 is 2.86 bits per heavy atom. The van der Waals surface area contributed by atoms with E-state index in [0.717, 1.165) is 22.4 Å². The minimum absolute atomic E-state index is 0.103. The van der Waals surface area contributed by atoms with Crippen molar-refractivity contribution in [2.24, 2.45) is 11.7 Å². The lowest BCUT2D eigenvalue weighted by Crippen LogP contribution is -2.38. The summed E-state index contributed by atoms with van der Waals surface area (Å²) < 4.78 is 28.7. The fourth-order valence-corrected chi connectivity index (χ4v) is 5.50. The third-order valence-electron chi connectivity index (χ3n) is 3.77. The number of sulfonamides is 1. The molecule has 0 aliphatic heterocycles. The summed E-state index contributed by atoms with van der Waals surface area (Å²) in [5.41, 5.74) is 5.97. The third kappa shape index (κ3) is 3.10. The highest BCUT2D eigenvalue weighted by molar-refractivity contribution is 7.90. The molecule has 1 aliphatic carbocycles. The summed E-state index contributed by atoms with van der Waals surface area (Å²) in [4.78, 5) is 1.09. The van der Waals surface area contributed by atoms with Crippen LogP contribution in [0, 0.1) is 12.8 Å². The van der Waals surface area contributed by atoms with Gasteiger partial charge in [0.05, 0.1) is 0 Å². The molecule has 1 aromatic carbocycles. The Kier molecular flexibility index (Phi) is 4.00. The number of hydrogen-bond acceptors (Lipinski definition) is 4. The van der Waals surface area contributed by atoms with Gasteiger partial charge >= 0.3 is 0 Å². The van der Waals surface area contributed by atoms with E-state index in [1.165, 1.54) is 11.3 Å². The van der Waals surface area contributed by atoms with Crippen LogP contribution in [0.4, 0.5) is 0 Å². The Bertz CT molecular complexity index is 782. The predicted octanol–water partition coefficient (Wildman–Crippen LogP) is 2.88. The van der Waals surface area contributed by atoms with Crippen LogP contribution in [0.3, 0.4) is 0 Å². The first-order valence-electron chi connectivity index (χ1n) is 6.82. The van der Waals surface area contributed by atoms with Crippen molar-refractivity contribution in [3.05, 3.63) is 28.1 Å². The number of hydrogen-bond donors (Lipinski definition) is 2. The summed E-state index contributed by atoms with van der Waals surface area (Å²) in [5, 5.41) is 1.21. The zero-order valence-corrected chi connectivity index (χ0v) is 14.0. The monoisotopic (exact) mass is 344 g/mol. The molecule has 1 saturated carbocycles. The highest BCUT2D eigenvalue weighted by Gasteiger charge is 2.30. The number of rotatable bonds is 5. The molecule has 4 nitrogen and oxygen atoms in total. The van der Waals surface area contributed by atoms with Gasteiger partial charge in [0.1, 0.15) is 4.90 Å². The van der Waals surface area contributed by atoms with Crippen LogP contribution in [0.1, 0.15) is 17.7 Å². The van der Waals surface area contributed by atoms with Crippen LogP contribution in [0.2, 0.25) is 5.02 Å². The lowest BCUT2D eigenvalue weighted by molar-refractivity contribution is 0.548. The second-order valence-corrected chi connectivity index (χ2v) is 8.88. The average Bonchev–Trinajstić information content (AvgIpc) is 3.19. The number of nitrogens with one attached hydrogen (secondary N) is 1. The lowest BCUT2D eigenvalue weighted by atomic mass is 10.2. The molecule has 1 unspecified atom stereocenters. The van der Waals surface area contributed by atoms with Crippen LogP contribution in [0.5, 0.6) is 0 Å². The van der Waals surface area contributed by atoms with Gasteiger partial charge in [0.2, 0.25) is 10.0 Å². The molecular formula is C14H17ClN2O2S2. The van der Waals surface area contributed by atoms with E-state index >= 15 is 0 Å². The number of aryl methyl sites for hydroxylation is 1. The molecule has 1 atom stereocenters. The molecular weight excluding hydrogens is 328 g/mol. The lowest BCUT2D eigenvalue weighted by Gasteiger charge is -2.12. The molecule has 3 rings (SSSR count). The van der Waals surface area contributed by atoms with Crippen molar-refractivity contribution in [2.75, 3.05) is 6.54 Å². The van der Waals surface area contributed by atoms with Gasteiger partial charge in [0.15, 0.2) is 0 Å². The molecule has 3 N–H and O–H groups in total. The zero-order chi connectivity index (χ0) is 15.2. The molecule has 1 heterocycles. The Morgan fingerprint density at radius 1 is 1.48 bits per heavy atom. The highest BCUT2D eigenvalue weighted by Crippen LogP contribution is 2.36. The van der Waals surface area contributed by atoms with Crippen molar-refractivity contribution in [2.45, 2.75) is 30.7 Å². The fourth-order valence-electron chi connectivity index (χ4n) is 2.47. The van der Waals surface area contributed by atoms with Gasteiger partial charge in [-0.05, 0) is 43.9 Å². The molecule has 0 saturated heterocycles. The number of halogens is 1. The molecule has 0 spiro atoms. The van der Waals surface area contributed by atoms with Crippen LogP contribution < -0.4 is 10.5 Å². The number of nitrogens with two attached hydrogens (primary N) is 1. The molecule has 0 radical (unpaired) electrons. The second kappa shape index (κ2) is 5.52. The molecule has 7 heteroatoms. The summed E-state index contributed by atoms with van der Waals surface area (Å²) in [6.07, 6.45) is 2.19. The molecule has 1 aliphatic rings. The van der Waals surface area contributed by atoms with Crippen molar-refractivity contribution in [1.29, 1.82) is 0 Å². The predicted molar refractivity (Wildman–Crippen MR) is 87.5 cm³/mol. The van der Waals surface area contributed by atoms with Crippen LogP contribution in [-0.4, -0.2) is 21.0 Å². The van der Waals surface area contributed by atoms with E-state index in [1.807, 2.05) is 13.0 Å². The summed E-state index contributed by atoms with van der Waals surface area (Å²) in [7, 11) is -3.57. The van der Waals surface area contributed by atoms with Crippen molar-refractivity contribution >= 4 is 43.0 Å². The second-order valence-electron chi connectivity index (χ2n) is 5.48. The molecule has 1 fully saturated rings. The van der Waals surface area contributed by atoms with E-state index in [1.54, 1.807) is 12.1 Å². The van der Waals surface area contributed by atoms with Crippen molar-refractivity contribution < 1.29 is 8.42 Å². The van der Waals surface area contributed by atoms with Crippen molar-refractivity contribution in [1.82, 2.24) is 4.72 Å². The summed E-state index contributed by atoms with van der Waals surface area (Å²) in [5.74, 6) is 0.461. The van der Waals surface area contributed by atoms with Gasteiger partial charge < -0.3 is 5.73 Å². The van der Waals surface area contributed by atoms with Crippen LogP contribution in [-0.2, 0) is 10.0 Å². The largest absolute Gasteiger partial charge is 0.326 e. The van der Waals surface area contributed by atoms with E-state index < -0.39 is 10.0 Å². The normalized spacial score (nSPS) is 17.3. The summed E-state index contributed by atoms with van der Waals surface area (Å²) in [6, 6.07) is 5.22. The van der Waals surface area contributed by atoms with Gasteiger partial charge in [-0.2, -0.15) is 0 Å². The molecule has 114 valence electrons. The fraction of sp³-hybridized carbons (Fsp3) is 0.429. The van der Waals surface area contributed by atoms with Gasteiger partial charge in [0.25, 0.3) is 0 Å². The Labute approximate surface area is 133 Å². The molecule has 2 aromatic rings.